The zero-order chi connectivity index (χ0) is 15.9. The summed E-state index contributed by atoms with van der Waals surface area (Å²) in [6.45, 7) is 0.619. The average molecular weight is 336 g/mol. The Balaban J connectivity index is 1.86. The molecule has 0 fully saturated rings. The molecule has 0 atom stereocenters. The maximum Gasteiger partial charge on any atom is 0.292 e. The first-order valence-corrected chi connectivity index (χ1v) is 7.37. The third-order valence-corrected chi connectivity index (χ3v) is 3.46. The van der Waals surface area contributed by atoms with Crippen LogP contribution in [0.25, 0.3) is 0 Å². The number of nitrogens with one attached hydrogen (secondary N) is 2. The summed E-state index contributed by atoms with van der Waals surface area (Å²) >= 11 is 11.0. The molecule has 0 unspecified atom stereocenters. The lowest BCUT2D eigenvalue weighted by molar-refractivity contribution is -0.383. The van der Waals surface area contributed by atoms with E-state index in [4.69, 9.17) is 23.8 Å². The fraction of sp³-hybridized carbons (Fsp3) is 0.133. The largest absolute Gasteiger partial charge is 0.362 e. The number of anilines is 1. The molecule has 0 saturated carbocycles. The van der Waals surface area contributed by atoms with Gasteiger partial charge in [-0.15, -0.1) is 0 Å². The number of para-hydroxylation sites is 2. The Bertz CT molecular complexity index is 677. The molecule has 22 heavy (non-hydrogen) atoms. The predicted octanol–water partition coefficient (Wildman–Crippen LogP) is 3.78. The van der Waals surface area contributed by atoms with Crippen LogP contribution in [0.1, 0.15) is 5.56 Å². The van der Waals surface area contributed by atoms with Crippen molar-refractivity contribution >= 4 is 40.3 Å². The molecule has 0 aromatic heterocycles. The van der Waals surface area contributed by atoms with Gasteiger partial charge in [-0.3, -0.25) is 10.1 Å². The van der Waals surface area contributed by atoms with Gasteiger partial charge in [0.05, 0.1) is 4.92 Å². The van der Waals surface area contributed by atoms with Crippen molar-refractivity contribution < 1.29 is 4.92 Å². The number of nitro groups is 1. The second-order valence-corrected chi connectivity index (χ2v) is 5.38. The van der Waals surface area contributed by atoms with E-state index in [9.17, 15) is 10.1 Å². The summed E-state index contributed by atoms with van der Waals surface area (Å²) in [5.74, 6) is 0. The fourth-order valence-electron chi connectivity index (χ4n) is 1.88. The van der Waals surface area contributed by atoms with Crippen molar-refractivity contribution in [1.29, 1.82) is 0 Å². The molecule has 2 rings (SSSR count). The van der Waals surface area contributed by atoms with Crippen LogP contribution in [0.4, 0.5) is 11.4 Å². The van der Waals surface area contributed by atoms with Gasteiger partial charge >= 0.3 is 0 Å². The van der Waals surface area contributed by atoms with Crippen LogP contribution in [0.5, 0.6) is 0 Å². The molecule has 2 aromatic carbocycles. The number of hydrogen-bond donors (Lipinski definition) is 2. The molecule has 0 saturated heterocycles. The van der Waals surface area contributed by atoms with E-state index in [-0.39, 0.29) is 5.69 Å². The highest BCUT2D eigenvalue weighted by Gasteiger charge is 2.12. The lowest BCUT2D eigenvalue weighted by atomic mass is 10.1. The summed E-state index contributed by atoms with van der Waals surface area (Å²) in [6.07, 6.45) is 0.774. The van der Waals surface area contributed by atoms with Gasteiger partial charge in [0, 0.05) is 17.6 Å². The van der Waals surface area contributed by atoms with E-state index >= 15 is 0 Å². The zero-order valence-electron chi connectivity index (χ0n) is 11.6. The number of thiocarbonyl (C=S) groups is 1. The SMILES string of the molecule is O=[N+]([O-])c1ccccc1NC(=S)NCCc1ccc(Cl)cc1. The van der Waals surface area contributed by atoms with Crippen LogP contribution in [0.2, 0.25) is 5.02 Å². The van der Waals surface area contributed by atoms with E-state index in [1.54, 1.807) is 18.2 Å². The predicted molar refractivity (Wildman–Crippen MR) is 92.5 cm³/mol. The third kappa shape index (κ3) is 4.68. The van der Waals surface area contributed by atoms with Crippen molar-refractivity contribution in [3.63, 3.8) is 0 Å². The molecule has 0 heterocycles. The summed E-state index contributed by atoms with van der Waals surface area (Å²) in [4.78, 5) is 10.5. The van der Waals surface area contributed by atoms with Crippen molar-refractivity contribution in [3.05, 3.63) is 69.2 Å². The molecule has 0 aliphatic rings. The number of halogens is 1. The number of rotatable bonds is 5. The molecule has 2 aromatic rings. The van der Waals surface area contributed by atoms with Gasteiger partial charge in [0.25, 0.3) is 5.69 Å². The summed E-state index contributed by atoms with van der Waals surface area (Å²) in [5.41, 5.74) is 1.49. The van der Waals surface area contributed by atoms with Crippen molar-refractivity contribution in [2.45, 2.75) is 6.42 Å². The highest BCUT2D eigenvalue weighted by molar-refractivity contribution is 7.80. The minimum atomic E-state index is -0.446. The van der Waals surface area contributed by atoms with Gasteiger partial charge in [0.15, 0.2) is 5.11 Å². The standard InChI is InChI=1S/C15H14ClN3O2S/c16-12-7-5-11(6-8-12)9-10-17-15(22)18-13-3-1-2-4-14(13)19(20)21/h1-8H,9-10H2,(H2,17,18,22). The van der Waals surface area contributed by atoms with E-state index in [0.29, 0.717) is 22.4 Å². The minimum Gasteiger partial charge on any atom is -0.362 e. The maximum absolute atomic E-state index is 10.9. The molecule has 5 nitrogen and oxygen atoms in total. The van der Waals surface area contributed by atoms with Gasteiger partial charge in [-0.05, 0) is 42.4 Å². The van der Waals surface area contributed by atoms with E-state index in [1.807, 2.05) is 24.3 Å². The molecule has 2 N–H and O–H groups in total. The monoisotopic (exact) mass is 335 g/mol. The quantitative estimate of drug-likeness (QED) is 0.494. The Morgan fingerprint density at radius 3 is 2.55 bits per heavy atom. The third-order valence-electron chi connectivity index (χ3n) is 2.96. The Labute approximate surface area is 138 Å². The summed E-state index contributed by atoms with van der Waals surface area (Å²) in [6, 6.07) is 13.9. The number of hydrogen-bond acceptors (Lipinski definition) is 3. The smallest absolute Gasteiger partial charge is 0.292 e. The van der Waals surface area contributed by atoms with Gasteiger partial charge in [-0.1, -0.05) is 35.9 Å². The molecule has 114 valence electrons. The molecule has 0 spiro atoms. The zero-order valence-corrected chi connectivity index (χ0v) is 13.2. The Hall–Kier alpha value is -2.18. The number of benzene rings is 2. The Morgan fingerprint density at radius 2 is 1.86 bits per heavy atom. The summed E-state index contributed by atoms with van der Waals surface area (Å²) in [7, 11) is 0. The molecular weight excluding hydrogens is 322 g/mol. The Morgan fingerprint density at radius 1 is 1.18 bits per heavy atom. The van der Waals surface area contributed by atoms with Crippen LogP contribution in [0.3, 0.4) is 0 Å². The maximum atomic E-state index is 10.9. The molecule has 0 aliphatic heterocycles. The van der Waals surface area contributed by atoms with Gasteiger partial charge in [-0.2, -0.15) is 0 Å². The molecule has 0 amide bonds. The van der Waals surface area contributed by atoms with Gasteiger partial charge < -0.3 is 10.6 Å². The van der Waals surface area contributed by atoms with Crippen LogP contribution in [-0.4, -0.2) is 16.6 Å². The van der Waals surface area contributed by atoms with Crippen LogP contribution in [0, 0.1) is 10.1 Å². The van der Waals surface area contributed by atoms with E-state index < -0.39 is 4.92 Å². The van der Waals surface area contributed by atoms with Crippen molar-refractivity contribution in [3.8, 4) is 0 Å². The highest BCUT2D eigenvalue weighted by Crippen LogP contribution is 2.22. The molecule has 0 bridgehead atoms. The van der Waals surface area contributed by atoms with Gasteiger partial charge in [-0.25, -0.2) is 0 Å². The lowest BCUT2D eigenvalue weighted by Crippen LogP contribution is -2.30. The molecule has 0 radical (unpaired) electrons. The number of nitro benzene ring substituents is 1. The van der Waals surface area contributed by atoms with Crippen LogP contribution in [-0.2, 0) is 6.42 Å². The first kappa shape index (κ1) is 16.2. The van der Waals surface area contributed by atoms with E-state index in [0.717, 1.165) is 12.0 Å². The van der Waals surface area contributed by atoms with Crippen LogP contribution in [0.15, 0.2) is 48.5 Å². The summed E-state index contributed by atoms with van der Waals surface area (Å²) < 4.78 is 0. The van der Waals surface area contributed by atoms with Crippen molar-refractivity contribution in [2.24, 2.45) is 0 Å². The normalized spacial score (nSPS) is 10.0. The number of nitrogens with zero attached hydrogens (tertiary/aromatic N) is 1. The molecule has 0 aliphatic carbocycles. The molecule has 7 heteroatoms. The molecular formula is C15H14ClN3O2S. The topological polar surface area (TPSA) is 67.2 Å². The Kier molecular flexibility index (Phi) is 5.68. The van der Waals surface area contributed by atoms with E-state index in [2.05, 4.69) is 10.6 Å². The van der Waals surface area contributed by atoms with Crippen LogP contribution >= 0.6 is 23.8 Å². The summed E-state index contributed by atoms with van der Waals surface area (Å²) in [5, 5.41) is 17.8. The van der Waals surface area contributed by atoms with Crippen molar-refractivity contribution in [1.82, 2.24) is 5.32 Å². The van der Waals surface area contributed by atoms with Crippen LogP contribution < -0.4 is 10.6 Å². The average Bonchev–Trinajstić information content (AvgIpc) is 2.49. The first-order chi connectivity index (χ1) is 10.6. The fourth-order valence-corrected chi connectivity index (χ4v) is 2.21. The first-order valence-electron chi connectivity index (χ1n) is 6.59. The van der Waals surface area contributed by atoms with Crippen molar-refractivity contribution in [2.75, 3.05) is 11.9 Å². The second kappa shape index (κ2) is 7.72. The highest BCUT2D eigenvalue weighted by atomic mass is 35.5. The lowest BCUT2D eigenvalue weighted by Gasteiger charge is -2.10. The van der Waals surface area contributed by atoms with E-state index in [1.165, 1.54) is 6.07 Å². The second-order valence-electron chi connectivity index (χ2n) is 4.53. The van der Waals surface area contributed by atoms with Gasteiger partial charge in [0.2, 0.25) is 0 Å². The minimum absolute atomic E-state index is 0.00986. The van der Waals surface area contributed by atoms with Gasteiger partial charge in [0.1, 0.15) is 5.69 Å².